The number of hydrogen-bond acceptors (Lipinski definition) is 5. The van der Waals surface area contributed by atoms with Gasteiger partial charge in [0.25, 0.3) is 0 Å². The van der Waals surface area contributed by atoms with Gasteiger partial charge < -0.3 is 10.2 Å². The van der Waals surface area contributed by atoms with Crippen molar-refractivity contribution in [2.75, 3.05) is 18.4 Å². The van der Waals surface area contributed by atoms with E-state index in [9.17, 15) is 4.79 Å². The molecule has 23 heavy (non-hydrogen) atoms. The van der Waals surface area contributed by atoms with Gasteiger partial charge in [0.05, 0.1) is 10.8 Å². The predicted molar refractivity (Wildman–Crippen MR) is 91.0 cm³/mol. The monoisotopic (exact) mass is 346 g/mol. The van der Waals surface area contributed by atoms with Crippen LogP contribution in [0.15, 0.2) is 30.5 Å². The number of amides is 1. The van der Waals surface area contributed by atoms with E-state index in [0.29, 0.717) is 23.2 Å². The van der Waals surface area contributed by atoms with Crippen LogP contribution in [0.4, 0.5) is 5.13 Å². The first kappa shape index (κ1) is 15.8. The van der Waals surface area contributed by atoms with E-state index < -0.39 is 0 Å². The van der Waals surface area contributed by atoms with Gasteiger partial charge in [0.2, 0.25) is 5.91 Å². The molecule has 1 fully saturated rings. The Kier molecular flexibility index (Phi) is 4.51. The van der Waals surface area contributed by atoms with Gasteiger partial charge in [-0.15, -0.1) is 0 Å². The van der Waals surface area contributed by atoms with E-state index in [2.05, 4.69) is 16.5 Å². The number of anilines is 1. The zero-order valence-electron chi connectivity index (χ0n) is 12.5. The highest BCUT2D eigenvalue weighted by Gasteiger charge is 2.34. The van der Waals surface area contributed by atoms with Crippen LogP contribution in [-0.4, -0.2) is 28.9 Å². The van der Waals surface area contributed by atoms with Crippen molar-refractivity contribution in [1.82, 2.24) is 9.88 Å². The van der Waals surface area contributed by atoms with Crippen molar-refractivity contribution in [1.29, 1.82) is 5.26 Å². The molecular formula is C16H15ClN4OS. The molecule has 3 rings (SSSR count). The number of nitriles is 1. The summed E-state index contributed by atoms with van der Waals surface area (Å²) < 4.78 is 0. The molecule has 2 aromatic rings. The van der Waals surface area contributed by atoms with Gasteiger partial charge in [0, 0.05) is 29.9 Å². The van der Waals surface area contributed by atoms with Crippen molar-refractivity contribution in [2.24, 2.45) is 11.8 Å². The Hall–Kier alpha value is -2.10. The normalized spacial score (nSPS) is 20.3. The molecule has 7 heteroatoms. The molecule has 0 bridgehead atoms. The Balaban J connectivity index is 1.71. The van der Waals surface area contributed by atoms with E-state index in [1.807, 2.05) is 31.2 Å². The standard InChI is InChI=1S/C16H15ClN4OS/c1-10-7-21(9-18)8-12(10)15(22)20-16-19-6-14(23-16)11-4-2-3-5-13(11)17/h2-6,10,12H,7-8H2,1H3,(H,19,20,22)/t10-,12-/m0/s1. The van der Waals surface area contributed by atoms with Gasteiger partial charge in [-0.2, -0.15) is 5.26 Å². The van der Waals surface area contributed by atoms with Crippen LogP contribution in [0.2, 0.25) is 5.02 Å². The minimum atomic E-state index is -0.192. The molecule has 0 radical (unpaired) electrons. The first-order valence-electron chi connectivity index (χ1n) is 7.24. The lowest BCUT2D eigenvalue weighted by Crippen LogP contribution is -2.27. The average molecular weight is 347 g/mol. The Morgan fingerprint density at radius 1 is 1.48 bits per heavy atom. The molecular weight excluding hydrogens is 332 g/mol. The quantitative estimate of drug-likeness (QED) is 0.864. The number of nitrogens with one attached hydrogen (secondary N) is 1. The summed E-state index contributed by atoms with van der Waals surface area (Å²) in [5.41, 5.74) is 0.900. The third kappa shape index (κ3) is 3.31. The van der Waals surface area contributed by atoms with Gasteiger partial charge >= 0.3 is 0 Å². The maximum absolute atomic E-state index is 12.4. The lowest BCUT2D eigenvalue weighted by Gasteiger charge is -2.11. The fourth-order valence-electron chi connectivity index (χ4n) is 2.71. The van der Waals surface area contributed by atoms with E-state index in [4.69, 9.17) is 16.9 Å². The molecule has 2 heterocycles. The highest BCUT2D eigenvalue weighted by Crippen LogP contribution is 2.34. The largest absolute Gasteiger partial charge is 0.310 e. The van der Waals surface area contributed by atoms with Gasteiger partial charge in [0.15, 0.2) is 11.3 Å². The van der Waals surface area contributed by atoms with E-state index in [1.165, 1.54) is 11.3 Å². The summed E-state index contributed by atoms with van der Waals surface area (Å²) in [4.78, 5) is 19.2. The number of carbonyl (C=O) groups is 1. The summed E-state index contributed by atoms with van der Waals surface area (Å²) in [6, 6.07) is 7.53. The van der Waals surface area contributed by atoms with Crippen molar-refractivity contribution in [2.45, 2.75) is 6.92 Å². The molecule has 0 saturated carbocycles. The molecule has 1 amide bonds. The summed E-state index contributed by atoms with van der Waals surface area (Å²) in [6.07, 6.45) is 3.81. The minimum absolute atomic E-state index is 0.0877. The third-order valence-corrected chi connectivity index (χ3v) is 5.24. The van der Waals surface area contributed by atoms with Crippen LogP contribution in [0.25, 0.3) is 10.4 Å². The number of aromatic nitrogens is 1. The molecule has 0 aliphatic carbocycles. The highest BCUT2D eigenvalue weighted by atomic mass is 35.5. The molecule has 1 aromatic heterocycles. The number of likely N-dealkylation sites (tertiary alicyclic amines) is 1. The summed E-state index contributed by atoms with van der Waals surface area (Å²) in [5.74, 6) is -0.129. The average Bonchev–Trinajstić information content (AvgIpc) is 3.14. The van der Waals surface area contributed by atoms with Crippen LogP contribution in [0.5, 0.6) is 0 Å². The Labute approximate surface area is 143 Å². The predicted octanol–water partition coefficient (Wildman–Crippen LogP) is 3.45. The Morgan fingerprint density at radius 3 is 2.96 bits per heavy atom. The van der Waals surface area contributed by atoms with Crippen LogP contribution in [-0.2, 0) is 4.79 Å². The number of benzene rings is 1. The van der Waals surface area contributed by atoms with Crippen LogP contribution in [0.1, 0.15) is 6.92 Å². The van der Waals surface area contributed by atoms with Gasteiger partial charge in [-0.25, -0.2) is 4.98 Å². The van der Waals surface area contributed by atoms with Crippen LogP contribution in [0, 0.1) is 23.3 Å². The molecule has 1 aliphatic heterocycles. The number of halogens is 1. The topological polar surface area (TPSA) is 69.0 Å². The number of carbonyl (C=O) groups excluding carboxylic acids is 1. The van der Waals surface area contributed by atoms with Crippen LogP contribution < -0.4 is 5.32 Å². The van der Waals surface area contributed by atoms with Gasteiger partial charge in [-0.3, -0.25) is 4.79 Å². The lowest BCUT2D eigenvalue weighted by molar-refractivity contribution is -0.120. The maximum atomic E-state index is 12.4. The van der Waals surface area contributed by atoms with Crippen LogP contribution in [0.3, 0.4) is 0 Å². The number of hydrogen-bond donors (Lipinski definition) is 1. The number of nitrogens with zero attached hydrogens (tertiary/aromatic N) is 3. The second-order valence-corrected chi connectivity index (χ2v) is 7.03. The first-order chi connectivity index (χ1) is 11.1. The zero-order valence-corrected chi connectivity index (χ0v) is 14.1. The minimum Gasteiger partial charge on any atom is -0.310 e. The second-order valence-electron chi connectivity index (χ2n) is 5.59. The van der Waals surface area contributed by atoms with Crippen molar-refractivity contribution < 1.29 is 4.79 Å². The molecule has 1 aliphatic rings. The summed E-state index contributed by atoms with van der Waals surface area (Å²) >= 11 is 7.57. The first-order valence-corrected chi connectivity index (χ1v) is 8.44. The summed E-state index contributed by atoms with van der Waals surface area (Å²) in [7, 11) is 0. The van der Waals surface area contributed by atoms with Crippen molar-refractivity contribution in [3.8, 4) is 16.6 Å². The lowest BCUT2D eigenvalue weighted by atomic mass is 9.97. The Bertz CT molecular complexity index is 769. The molecule has 1 N–H and O–H groups in total. The number of thiazole rings is 1. The molecule has 1 saturated heterocycles. The van der Waals surface area contributed by atoms with Gasteiger partial charge in [0.1, 0.15) is 0 Å². The highest BCUT2D eigenvalue weighted by molar-refractivity contribution is 7.19. The van der Waals surface area contributed by atoms with Crippen molar-refractivity contribution in [3.63, 3.8) is 0 Å². The van der Waals surface area contributed by atoms with E-state index in [0.717, 1.165) is 10.4 Å². The second kappa shape index (κ2) is 6.57. The fraction of sp³-hybridized carbons (Fsp3) is 0.312. The SMILES string of the molecule is C[C@H]1CN(C#N)C[C@@H]1C(=O)Nc1ncc(-c2ccccc2Cl)s1. The summed E-state index contributed by atoms with van der Waals surface area (Å²) in [5, 5.41) is 13.0. The Morgan fingerprint density at radius 2 is 2.26 bits per heavy atom. The molecule has 118 valence electrons. The van der Waals surface area contributed by atoms with E-state index >= 15 is 0 Å². The smallest absolute Gasteiger partial charge is 0.231 e. The molecule has 0 spiro atoms. The van der Waals surface area contributed by atoms with E-state index in [1.54, 1.807) is 11.1 Å². The maximum Gasteiger partial charge on any atom is 0.231 e. The molecule has 5 nitrogen and oxygen atoms in total. The fourth-order valence-corrected chi connectivity index (χ4v) is 3.86. The van der Waals surface area contributed by atoms with Crippen molar-refractivity contribution >= 4 is 34.0 Å². The van der Waals surface area contributed by atoms with Gasteiger partial charge in [-0.05, 0) is 12.0 Å². The summed E-state index contributed by atoms with van der Waals surface area (Å²) in [6.45, 7) is 3.07. The van der Waals surface area contributed by atoms with Gasteiger partial charge in [-0.1, -0.05) is 48.1 Å². The van der Waals surface area contributed by atoms with E-state index in [-0.39, 0.29) is 17.7 Å². The molecule has 2 atom stereocenters. The molecule has 0 unspecified atom stereocenters. The zero-order chi connectivity index (χ0) is 16.4. The van der Waals surface area contributed by atoms with Crippen LogP contribution >= 0.6 is 22.9 Å². The molecule has 1 aromatic carbocycles. The number of rotatable bonds is 3. The van der Waals surface area contributed by atoms with Crippen molar-refractivity contribution in [3.05, 3.63) is 35.5 Å². The third-order valence-electron chi connectivity index (χ3n) is 3.97.